The fourth-order valence-corrected chi connectivity index (χ4v) is 9.30. The number of likely N-dealkylation sites (tertiary alicyclic amines) is 1. The summed E-state index contributed by atoms with van der Waals surface area (Å²) in [6.45, 7) is 6.71. The maximum Gasteiger partial charge on any atom is 0.241 e. The van der Waals surface area contributed by atoms with Crippen LogP contribution in [0, 0.1) is 16.7 Å². The highest BCUT2D eigenvalue weighted by molar-refractivity contribution is 7.89. The number of fused-ring (bicyclic) bond motifs is 2. The smallest absolute Gasteiger partial charge is 0.241 e. The summed E-state index contributed by atoms with van der Waals surface area (Å²) in [6, 6.07) is 18.3. The predicted molar refractivity (Wildman–Crippen MR) is 144 cm³/mol. The van der Waals surface area contributed by atoms with Gasteiger partial charge in [-0.1, -0.05) is 74.5 Å². The SMILES string of the molecule is CC1CCCN1C(=O)[C@@H](NS(=O)(=O)CC12CCC(CC1=O)C2(C)C)C(c1ccccc1)c1ccccc1. The van der Waals surface area contributed by atoms with Crippen molar-refractivity contribution in [2.45, 2.75) is 70.9 Å². The molecule has 0 radical (unpaired) electrons. The first kappa shape index (κ1) is 26.1. The molecule has 0 aromatic heterocycles. The number of carbonyl (C=O) groups is 2. The van der Waals surface area contributed by atoms with Crippen molar-refractivity contribution in [3.8, 4) is 0 Å². The molecule has 1 heterocycles. The molecule has 3 unspecified atom stereocenters. The van der Waals surface area contributed by atoms with Crippen molar-refractivity contribution in [2.75, 3.05) is 12.3 Å². The Labute approximate surface area is 220 Å². The zero-order valence-corrected chi connectivity index (χ0v) is 22.8. The van der Waals surface area contributed by atoms with Gasteiger partial charge in [0.1, 0.15) is 11.8 Å². The van der Waals surface area contributed by atoms with E-state index in [1.165, 1.54) is 0 Å². The minimum atomic E-state index is -3.98. The lowest BCUT2D eigenvalue weighted by atomic mass is 9.70. The lowest BCUT2D eigenvalue weighted by molar-refractivity contribution is -0.133. The summed E-state index contributed by atoms with van der Waals surface area (Å²) in [4.78, 5) is 29.1. The Hall–Kier alpha value is -2.51. The summed E-state index contributed by atoms with van der Waals surface area (Å²) < 4.78 is 30.8. The Morgan fingerprint density at radius 3 is 2.08 bits per heavy atom. The van der Waals surface area contributed by atoms with Crippen molar-refractivity contribution in [3.05, 3.63) is 71.8 Å². The van der Waals surface area contributed by atoms with Crippen LogP contribution in [0.1, 0.15) is 69.9 Å². The fraction of sp³-hybridized carbons (Fsp3) is 0.533. The van der Waals surface area contributed by atoms with Gasteiger partial charge < -0.3 is 4.90 Å². The third-order valence-electron chi connectivity index (χ3n) is 9.63. The van der Waals surface area contributed by atoms with Gasteiger partial charge in [-0.25, -0.2) is 13.1 Å². The van der Waals surface area contributed by atoms with E-state index in [0.717, 1.165) is 30.4 Å². The van der Waals surface area contributed by atoms with Crippen LogP contribution in [0.4, 0.5) is 0 Å². The van der Waals surface area contributed by atoms with E-state index in [1.807, 2.05) is 86.3 Å². The topological polar surface area (TPSA) is 83.6 Å². The molecule has 2 aromatic carbocycles. The third kappa shape index (κ3) is 4.54. The summed E-state index contributed by atoms with van der Waals surface area (Å²) in [5, 5.41) is 0. The second kappa shape index (κ2) is 9.66. The molecule has 6 nitrogen and oxygen atoms in total. The second-order valence-corrected chi connectivity index (χ2v) is 13.6. The standard InChI is InChI=1S/C30H38N2O4S/c1-21-11-10-18-32(21)28(34)27(26(22-12-6-4-7-13-22)23-14-8-5-9-15-23)31-37(35,36)20-30-17-16-24(19-25(30)33)29(30,2)3/h4-9,12-15,21,24,26-27,31H,10-11,16-20H2,1-3H3/t21?,24?,27-,30?/m0/s1. The number of nitrogens with zero attached hydrogens (tertiary/aromatic N) is 1. The Morgan fingerprint density at radius 2 is 1.62 bits per heavy atom. The summed E-state index contributed by atoms with van der Waals surface area (Å²) in [7, 11) is -3.98. The number of rotatable bonds is 8. The van der Waals surface area contributed by atoms with Gasteiger partial charge in [-0.3, -0.25) is 9.59 Å². The zero-order valence-electron chi connectivity index (χ0n) is 22.0. The van der Waals surface area contributed by atoms with Crippen molar-refractivity contribution >= 4 is 21.7 Å². The van der Waals surface area contributed by atoms with Crippen LogP contribution in [0.15, 0.2) is 60.7 Å². The average molecular weight is 523 g/mol. The van der Waals surface area contributed by atoms with E-state index in [1.54, 1.807) is 0 Å². The molecule has 3 aliphatic rings. The highest BCUT2D eigenvalue weighted by atomic mass is 32.2. The van der Waals surface area contributed by atoms with Gasteiger partial charge in [0.15, 0.2) is 0 Å². The number of benzene rings is 2. The summed E-state index contributed by atoms with van der Waals surface area (Å²) in [5.41, 5.74) is 0.475. The van der Waals surface area contributed by atoms with Crippen molar-refractivity contribution in [1.82, 2.24) is 9.62 Å². The molecule has 0 spiro atoms. The van der Waals surface area contributed by atoms with Crippen LogP contribution in [-0.2, 0) is 19.6 Å². The van der Waals surface area contributed by atoms with Crippen molar-refractivity contribution in [3.63, 3.8) is 0 Å². The number of nitrogens with one attached hydrogen (secondary N) is 1. The van der Waals surface area contributed by atoms with Crippen molar-refractivity contribution in [2.24, 2.45) is 16.7 Å². The van der Waals surface area contributed by atoms with Crippen molar-refractivity contribution in [1.29, 1.82) is 0 Å². The molecule has 1 saturated heterocycles. The quantitative estimate of drug-likeness (QED) is 0.553. The first-order valence-corrected chi connectivity index (χ1v) is 15.1. The molecule has 4 atom stereocenters. The molecule has 2 aliphatic carbocycles. The van der Waals surface area contributed by atoms with Crippen molar-refractivity contribution < 1.29 is 18.0 Å². The van der Waals surface area contributed by atoms with Crippen LogP contribution in [0.2, 0.25) is 0 Å². The number of hydrogen-bond donors (Lipinski definition) is 1. The molecular formula is C30H38N2O4S. The number of hydrogen-bond acceptors (Lipinski definition) is 4. The molecule has 5 rings (SSSR count). The maximum atomic E-state index is 14.1. The van der Waals surface area contributed by atoms with Crippen LogP contribution in [0.3, 0.4) is 0 Å². The minimum Gasteiger partial charge on any atom is -0.339 e. The largest absolute Gasteiger partial charge is 0.339 e. The molecule has 1 aliphatic heterocycles. The first-order chi connectivity index (χ1) is 17.6. The number of carbonyl (C=O) groups excluding carboxylic acids is 2. The maximum absolute atomic E-state index is 14.1. The van der Waals surface area contributed by atoms with Gasteiger partial charge in [-0.2, -0.15) is 0 Å². The first-order valence-electron chi connectivity index (χ1n) is 13.5. The van der Waals surface area contributed by atoms with Gasteiger partial charge in [-0.15, -0.1) is 0 Å². The molecule has 7 heteroatoms. The van der Waals surface area contributed by atoms with Crippen LogP contribution in [0.25, 0.3) is 0 Å². The molecule has 198 valence electrons. The fourth-order valence-electron chi connectivity index (χ4n) is 7.27. The molecular weight excluding hydrogens is 484 g/mol. The van der Waals surface area contributed by atoms with E-state index in [4.69, 9.17) is 0 Å². The molecule has 1 amide bonds. The summed E-state index contributed by atoms with van der Waals surface area (Å²) in [5.74, 6) is -0.696. The summed E-state index contributed by atoms with van der Waals surface area (Å²) in [6.07, 6.45) is 3.72. The van der Waals surface area contributed by atoms with E-state index < -0.39 is 27.4 Å². The minimum absolute atomic E-state index is 0.0521. The molecule has 2 aromatic rings. The highest BCUT2D eigenvalue weighted by Crippen LogP contribution is 2.64. The number of sulfonamides is 1. The average Bonchev–Trinajstić information content (AvgIpc) is 3.45. The van der Waals surface area contributed by atoms with E-state index in [0.29, 0.717) is 19.4 Å². The van der Waals surface area contributed by atoms with Crippen LogP contribution in [-0.4, -0.2) is 49.4 Å². The van der Waals surface area contributed by atoms with Gasteiger partial charge in [0.25, 0.3) is 0 Å². The predicted octanol–water partition coefficient (Wildman–Crippen LogP) is 4.51. The third-order valence-corrected chi connectivity index (χ3v) is 11.1. The molecule has 2 bridgehead atoms. The van der Waals surface area contributed by atoms with E-state index in [9.17, 15) is 18.0 Å². The number of amides is 1. The van der Waals surface area contributed by atoms with Gasteiger partial charge >= 0.3 is 0 Å². The molecule has 1 N–H and O–H groups in total. The van der Waals surface area contributed by atoms with Crippen LogP contribution >= 0.6 is 0 Å². The monoisotopic (exact) mass is 522 g/mol. The normalized spacial score (nSPS) is 27.7. The molecule has 37 heavy (non-hydrogen) atoms. The zero-order chi connectivity index (χ0) is 26.4. The second-order valence-electron chi connectivity index (χ2n) is 11.8. The Balaban J connectivity index is 1.55. The van der Waals surface area contributed by atoms with Gasteiger partial charge in [0.05, 0.1) is 5.75 Å². The summed E-state index contributed by atoms with van der Waals surface area (Å²) >= 11 is 0. The van der Waals surface area contributed by atoms with Crippen LogP contribution < -0.4 is 4.72 Å². The number of ketones is 1. The molecule has 3 fully saturated rings. The lowest BCUT2D eigenvalue weighted by Gasteiger charge is -2.37. The highest BCUT2D eigenvalue weighted by Gasteiger charge is 2.65. The van der Waals surface area contributed by atoms with Crippen LogP contribution in [0.5, 0.6) is 0 Å². The van der Waals surface area contributed by atoms with E-state index in [-0.39, 0.29) is 34.8 Å². The van der Waals surface area contributed by atoms with Gasteiger partial charge in [0, 0.05) is 30.3 Å². The Kier molecular flexibility index (Phi) is 6.82. The lowest BCUT2D eigenvalue weighted by Crippen LogP contribution is -2.55. The molecule has 2 saturated carbocycles. The number of Topliss-reactive ketones (excluding diaryl/α,β-unsaturated/α-hetero) is 1. The van der Waals surface area contributed by atoms with E-state index >= 15 is 0 Å². The Morgan fingerprint density at radius 1 is 1.03 bits per heavy atom. The van der Waals surface area contributed by atoms with E-state index in [2.05, 4.69) is 4.72 Å². The van der Waals surface area contributed by atoms with Gasteiger partial charge in [-0.05, 0) is 55.1 Å². The Bertz CT molecular complexity index is 1220. The van der Waals surface area contributed by atoms with Gasteiger partial charge in [0.2, 0.25) is 15.9 Å².